The van der Waals surface area contributed by atoms with Gasteiger partial charge in [0.25, 0.3) is 5.89 Å². The molecule has 0 aliphatic heterocycles. The van der Waals surface area contributed by atoms with Crippen molar-refractivity contribution in [2.24, 2.45) is 0 Å². The van der Waals surface area contributed by atoms with E-state index in [9.17, 15) is 0 Å². The smallest absolute Gasteiger partial charge is 0.258 e. The molecule has 0 N–H and O–H groups in total. The minimum Gasteiger partial charge on any atom is -0.334 e. The highest BCUT2D eigenvalue weighted by Crippen LogP contribution is 2.21. The van der Waals surface area contributed by atoms with Gasteiger partial charge in [-0.3, -0.25) is 4.57 Å². The number of hydrogen-bond acceptors (Lipinski definition) is 5. The third kappa shape index (κ3) is 2.26. The highest BCUT2D eigenvalue weighted by atomic mass is 16.5. The lowest BCUT2D eigenvalue weighted by Gasteiger charge is -2.00. The molecular weight excluding hydrogens is 278 g/mol. The molecule has 0 unspecified atom stereocenters. The van der Waals surface area contributed by atoms with Crippen molar-refractivity contribution in [2.45, 2.75) is 0 Å². The van der Waals surface area contributed by atoms with Crippen molar-refractivity contribution in [1.82, 2.24) is 24.7 Å². The second-order valence-electron chi connectivity index (χ2n) is 4.66. The zero-order chi connectivity index (χ0) is 14.8. The summed E-state index contributed by atoms with van der Waals surface area (Å²) < 4.78 is 7.13. The van der Waals surface area contributed by atoms with E-state index in [0.29, 0.717) is 11.7 Å². The first-order valence-electron chi connectivity index (χ1n) is 6.74. The lowest BCUT2D eigenvalue weighted by Crippen LogP contribution is -1.94. The van der Waals surface area contributed by atoms with E-state index in [0.717, 1.165) is 16.9 Å². The van der Waals surface area contributed by atoms with Gasteiger partial charge in [0.15, 0.2) is 0 Å². The van der Waals surface area contributed by atoms with Crippen molar-refractivity contribution in [2.75, 3.05) is 0 Å². The number of nitrogens with zero attached hydrogens (tertiary/aromatic N) is 5. The van der Waals surface area contributed by atoms with Crippen molar-refractivity contribution >= 4 is 0 Å². The van der Waals surface area contributed by atoms with E-state index in [1.165, 1.54) is 0 Å². The first kappa shape index (κ1) is 12.5. The minimum atomic E-state index is 0.495. The van der Waals surface area contributed by atoms with Gasteiger partial charge in [0, 0.05) is 29.7 Å². The SMILES string of the molecule is c1ccc(-c2nc(-c3ccc(-n4ccnc4)nc3)no2)cc1. The second kappa shape index (κ2) is 5.25. The van der Waals surface area contributed by atoms with E-state index >= 15 is 0 Å². The van der Waals surface area contributed by atoms with Crippen molar-refractivity contribution in [1.29, 1.82) is 0 Å². The maximum absolute atomic E-state index is 5.30. The molecule has 0 aliphatic rings. The predicted molar refractivity (Wildman–Crippen MR) is 80.1 cm³/mol. The minimum absolute atomic E-state index is 0.495. The largest absolute Gasteiger partial charge is 0.334 e. The number of aromatic nitrogens is 5. The van der Waals surface area contributed by atoms with Gasteiger partial charge in [-0.2, -0.15) is 4.98 Å². The van der Waals surface area contributed by atoms with Crippen LogP contribution in [-0.2, 0) is 0 Å². The normalized spacial score (nSPS) is 10.7. The monoisotopic (exact) mass is 289 g/mol. The van der Waals surface area contributed by atoms with Gasteiger partial charge in [-0.05, 0) is 24.3 Å². The second-order valence-corrected chi connectivity index (χ2v) is 4.66. The van der Waals surface area contributed by atoms with E-state index in [-0.39, 0.29) is 0 Å². The Balaban J connectivity index is 1.64. The first-order valence-corrected chi connectivity index (χ1v) is 6.74. The molecule has 0 fully saturated rings. The third-order valence-corrected chi connectivity index (χ3v) is 3.22. The zero-order valence-corrected chi connectivity index (χ0v) is 11.5. The van der Waals surface area contributed by atoms with Crippen LogP contribution in [0.4, 0.5) is 0 Å². The van der Waals surface area contributed by atoms with Crippen LogP contribution in [0.1, 0.15) is 0 Å². The van der Waals surface area contributed by atoms with Crippen molar-refractivity contribution < 1.29 is 4.52 Å². The molecule has 6 nitrogen and oxygen atoms in total. The highest BCUT2D eigenvalue weighted by molar-refractivity contribution is 5.59. The number of pyridine rings is 1. The Labute approximate surface area is 126 Å². The number of rotatable bonds is 3. The molecule has 1 aromatic carbocycles. The molecule has 6 heteroatoms. The predicted octanol–water partition coefficient (Wildman–Crippen LogP) is 2.98. The van der Waals surface area contributed by atoms with Gasteiger partial charge in [0.1, 0.15) is 12.1 Å². The average Bonchev–Trinajstić information content (AvgIpc) is 3.28. The highest BCUT2D eigenvalue weighted by Gasteiger charge is 2.10. The number of hydrogen-bond donors (Lipinski definition) is 0. The molecule has 0 saturated heterocycles. The van der Waals surface area contributed by atoms with Gasteiger partial charge in [-0.25, -0.2) is 9.97 Å². The molecule has 0 atom stereocenters. The lowest BCUT2D eigenvalue weighted by molar-refractivity contribution is 0.432. The van der Waals surface area contributed by atoms with Gasteiger partial charge >= 0.3 is 0 Å². The lowest BCUT2D eigenvalue weighted by atomic mass is 10.2. The molecule has 3 aromatic heterocycles. The molecule has 0 saturated carbocycles. The average molecular weight is 289 g/mol. The van der Waals surface area contributed by atoms with Crippen LogP contribution in [0.3, 0.4) is 0 Å². The van der Waals surface area contributed by atoms with E-state index in [1.807, 2.05) is 53.2 Å². The Morgan fingerprint density at radius 3 is 2.59 bits per heavy atom. The van der Waals surface area contributed by atoms with Crippen LogP contribution < -0.4 is 0 Å². The Morgan fingerprint density at radius 1 is 0.955 bits per heavy atom. The molecule has 0 radical (unpaired) electrons. The summed E-state index contributed by atoms with van der Waals surface area (Å²) >= 11 is 0. The fraction of sp³-hybridized carbons (Fsp3) is 0. The summed E-state index contributed by atoms with van der Waals surface area (Å²) in [5.74, 6) is 1.80. The topological polar surface area (TPSA) is 69.6 Å². The molecule has 0 aliphatic carbocycles. The molecule has 4 aromatic rings. The van der Waals surface area contributed by atoms with E-state index in [1.54, 1.807) is 18.7 Å². The maximum atomic E-state index is 5.30. The summed E-state index contributed by atoms with van der Waals surface area (Å²) in [5, 5.41) is 4.01. The molecule has 3 heterocycles. The maximum Gasteiger partial charge on any atom is 0.258 e. The summed E-state index contributed by atoms with van der Waals surface area (Å²) in [6.07, 6.45) is 6.96. The third-order valence-electron chi connectivity index (χ3n) is 3.22. The van der Waals surface area contributed by atoms with Crippen LogP contribution in [0.15, 0.2) is 71.9 Å². The Bertz CT molecular complexity index is 867. The molecule has 22 heavy (non-hydrogen) atoms. The quantitative estimate of drug-likeness (QED) is 0.580. The molecule has 0 bridgehead atoms. The molecule has 4 rings (SSSR count). The van der Waals surface area contributed by atoms with Crippen LogP contribution in [0, 0.1) is 0 Å². The fourth-order valence-electron chi connectivity index (χ4n) is 2.10. The summed E-state index contributed by atoms with van der Waals surface area (Å²) in [4.78, 5) is 12.8. The zero-order valence-electron chi connectivity index (χ0n) is 11.5. The van der Waals surface area contributed by atoms with Gasteiger partial charge < -0.3 is 4.52 Å². The summed E-state index contributed by atoms with van der Waals surface area (Å²) in [6.45, 7) is 0. The van der Waals surface area contributed by atoms with Crippen LogP contribution in [0.5, 0.6) is 0 Å². The molecule has 0 amide bonds. The van der Waals surface area contributed by atoms with Gasteiger partial charge in [-0.15, -0.1) is 0 Å². The number of benzene rings is 1. The van der Waals surface area contributed by atoms with Crippen LogP contribution in [-0.4, -0.2) is 24.7 Å². The Kier molecular flexibility index (Phi) is 2.97. The van der Waals surface area contributed by atoms with Crippen LogP contribution >= 0.6 is 0 Å². The summed E-state index contributed by atoms with van der Waals surface area (Å²) in [5.41, 5.74) is 1.69. The van der Waals surface area contributed by atoms with Crippen molar-refractivity contribution in [3.05, 3.63) is 67.4 Å². The van der Waals surface area contributed by atoms with Gasteiger partial charge in [0.2, 0.25) is 5.82 Å². The van der Waals surface area contributed by atoms with Crippen LogP contribution in [0.2, 0.25) is 0 Å². The Morgan fingerprint density at radius 2 is 1.86 bits per heavy atom. The van der Waals surface area contributed by atoms with Gasteiger partial charge in [-0.1, -0.05) is 23.4 Å². The van der Waals surface area contributed by atoms with Gasteiger partial charge in [0.05, 0.1) is 0 Å². The molecule has 106 valence electrons. The van der Waals surface area contributed by atoms with Crippen molar-refractivity contribution in [3.8, 4) is 28.7 Å². The summed E-state index contributed by atoms with van der Waals surface area (Å²) in [6, 6.07) is 13.5. The molecular formula is C16H11N5O. The van der Waals surface area contributed by atoms with E-state index in [4.69, 9.17) is 4.52 Å². The first-order chi connectivity index (χ1) is 10.9. The van der Waals surface area contributed by atoms with E-state index < -0.39 is 0 Å². The van der Waals surface area contributed by atoms with Crippen molar-refractivity contribution in [3.63, 3.8) is 0 Å². The number of imidazole rings is 1. The molecule has 0 spiro atoms. The van der Waals surface area contributed by atoms with Crippen LogP contribution in [0.25, 0.3) is 28.7 Å². The standard InChI is InChI=1S/C16H11N5O/c1-2-4-12(5-3-1)16-19-15(20-22-16)13-6-7-14(18-10-13)21-9-8-17-11-21/h1-11H. The summed E-state index contributed by atoms with van der Waals surface area (Å²) in [7, 11) is 0. The Hall–Kier alpha value is -3.28. The van der Waals surface area contributed by atoms with E-state index in [2.05, 4.69) is 20.1 Å². The fourth-order valence-corrected chi connectivity index (χ4v) is 2.10.